The van der Waals surface area contributed by atoms with Crippen LogP contribution in [-0.2, 0) is 32.7 Å². The van der Waals surface area contributed by atoms with Crippen LogP contribution >= 0.6 is 0 Å². The van der Waals surface area contributed by atoms with Crippen molar-refractivity contribution in [2.75, 3.05) is 0 Å². The van der Waals surface area contributed by atoms with Crippen LogP contribution < -0.4 is 0 Å². The number of hydrogen-bond acceptors (Lipinski definition) is 1. The first kappa shape index (κ1) is 20.4. The molecule has 0 amide bonds. The second kappa shape index (κ2) is 5.82. The van der Waals surface area contributed by atoms with E-state index in [-0.39, 0.29) is 62.8 Å². The zero-order valence-electron chi connectivity index (χ0n) is 14.1. The number of alkyl halides is 6. The maximum Gasteiger partial charge on any atom is 0.426 e. The third kappa shape index (κ3) is 2.39. The molecule has 0 aromatic rings. The van der Waals surface area contributed by atoms with Gasteiger partial charge >= 0.3 is 12.4 Å². The second-order valence-electron chi connectivity index (χ2n) is 8.70. The maximum atomic E-state index is 13.3. The maximum absolute atomic E-state index is 13.3. The van der Waals surface area contributed by atoms with Crippen LogP contribution in [0.4, 0.5) is 26.3 Å². The molecule has 1 radical (unpaired) electrons. The Morgan fingerprint density at radius 1 is 0.720 bits per heavy atom. The molecule has 0 aromatic heterocycles. The van der Waals surface area contributed by atoms with Gasteiger partial charge in [0.2, 0.25) is 0 Å². The quantitative estimate of drug-likeness (QED) is 0.461. The van der Waals surface area contributed by atoms with Crippen LogP contribution in [0.1, 0.15) is 33.1 Å². The van der Waals surface area contributed by atoms with Crippen LogP contribution in [0.25, 0.3) is 0 Å². The second-order valence-corrected chi connectivity index (χ2v) is 8.70. The standard InChI is InChI=1S/C17H22F6O.Y/c1-6-7(2)10-5-9(6)13-8-3-11(14(10)13)12(4-8)15(24,16(18,19)20)17(21,22)23;/h6-14,24H,3-5H2,1-2H3;. The summed E-state index contributed by atoms with van der Waals surface area (Å²) in [7, 11) is 0. The van der Waals surface area contributed by atoms with Crippen molar-refractivity contribution in [1.82, 2.24) is 0 Å². The summed E-state index contributed by atoms with van der Waals surface area (Å²) < 4.78 is 79.7. The third-order valence-corrected chi connectivity index (χ3v) is 8.25. The molecule has 25 heavy (non-hydrogen) atoms. The van der Waals surface area contributed by atoms with Gasteiger partial charge in [0.1, 0.15) is 0 Å². The summed E-state index contributed by atoms with van der Waals surface area (Å²) in [5.41, 5.74) is -4.57. The Kier molecular flexibility index (Phi) is 4.75. The minimum atomic E-state index is -5.69. The zero-order chi connectivity index (χ0) is 17.8. The van der Waals surface area contributed by atoms with Crippen LogP contribution in [0, 0.1) is 53.3 Å². The number of rotatable bonds is 1. The van der Waals surface area contributed by atoms with E-state index in [1.165, 1.54) is 0 Å². The molecule has 0 aliphatic heterocycles. The van der Waals surface area contributed by atoms with Crippen molar-refractivity contribution in [3.05, 3.63) is 0 Å². The Hall–Kier alpha value is 0.644. The van der Waals surface area contributed by atoms with Crippen molar-refractivity contribution in [1.29, 1.82) is 0 Å². The Morgan fingerprint density at radius 3 is 1.68 bits per heavy atom. The predicted molar refractivity (Wildman–Crippen MR) is 73.7 cm³/mol. The van der Waals surface area contributed by atoms with E-state index in [0.717, 1.165) is 6.42 Å². The van der Waals surface area contributed by atoms with Gasteiger partial charge in [0.05, 0.1) is 0 Å². The van der Waals surface area contributed by atoms with Gasteiger partial charge in [-0.15, -0.1) is 0 Å². The average Bonchev–Trinajstić information content (AvgIpc) is 3.15. The number of hydrogen-bond donors (Lipinski definition) is 1. The molecule has 4 bridgehead atoms. The molecular formula is C17H22F6OY. The Balaban J connectivity index is 0.00000182. The molecule has 1 nitrogen and oxygen atoms in total. The summed E-state index contributed by atoms with van der Waals surface area (Å²) in [6.07, 6.45) is -10.2. The Bertz CT molecular complexity index is 532. The van der Waals surface area contributed by atoms with Crippen LogP contribution in [0.15, 0.2) is 0 Å². The number of fused-ring (bicyclic) bond motifs is 9. The van der Waals surface area contributed by atoms with Crippen molar-refractivity contribution in [3.63, 3.8) is 0 Å². The molecule has 4 saturated carbocycles. The molecule has 4 fully saturated rings. The van der Waals surface area contributed by atoms with Crippen LogP contribution in [0.5, 0.6) is 0 Å². The first-order chi connectivity index (χ1) is 10.9. The monoisotopic (exact) mass is 445 g/mol. The van der Waals surface area contributed by atoms with Gasteiger partial charge in [0.25, 0.3) is 5.60 Å². The Morgan fingerprint density at radius 2 is 1.20 bits per heavy atom. The summed E-state index contributed by atoms with van der Waals surface area (Å²) in [5, 5.41) is 9.86. The van der Waals surface area contributed by atoms with Crippen LogP contribution in [-0.4, -0.2) is 23.1 Å². The van der Waals surface area contributed by atoms with Gasteiger partial charge in [-0.3, -0.25) is 0 Å². The molecule has 4 aliphatic rings. The largest absolute Gasteiger partial charge is 0.426 e. The molecule has 8 heteroatoms. The number of aliphatic hydroxyl groups is 1. The predicted octanol–water partition coefficient (Wildman–Crippen LogP) is 4.65. The fourth-order valence-electron chi connectivity index (χ4n) is 7.29. The molecule has 0 aromatic carbocycles. The van der Waals surface area contributed by atoms with E-state index in [1.54, 1.807) is 0 Å². The molecule has 0 spiro atoms. The molecule has 9 atom stereocenters. The van der Waals surface area contributed by atoms with Gasteiger partial charge in [-0.2, -0.15) is 26.3 Å². The van der Waals surface area contributed by atoms with Crippen molar-refractivity contribution >= 4 is 0 Å². The normalized spacial score (nSPS) is 48.6. The fraction of sp³-hybridized carbons (Fsp3) is 1.00. The first-order valence-corrected chi connectivity index (χ1v) is 8.75. The molecule has 141 valence electrons. The SMILES string of the molecule is CC1C(C)C2CC1C1C3CC(C21)C(C(O)(C(F)(F)F)C(F)(F)F)C3.[Y]. The summed E-state index contributed by atoms with van der Waals surface area (Å²) in [5.74, 6) is -0.780. The summed E-state index contributed by atoms with van der Waals surface area (Å²) in [6.45, 7) is 4.24. The van der Waals surface area contributed by atoms with Crippen molar-refractivity contribution in [2.24, 2.45) is 53.3 Å². The minimum absolute atomic E-state index is 0. The summed E-state index contributed by atoms with van der Waals surface area (Å²) >= 11 is 0. The molecule has 9 unspecified atom stereocenters. The van der Waals surface area contributed by atoms with E-state index in [9.17, 15) is 31.4 Å². The molecule has 0 heterocycles. The Labute approximate surface area is 168 Å². The minimum Gasteiger partial charge on any atom is -0.373 e. The topological polar surface area (TPSA) is 20.2 Å². The van der Waals surface area contributed by atoms with Gasteiger partial charge in [-0.25, -0.2) is 0 Å². The van der Waals surface area contributed by atoms with Gasteiger partial charge in [-0.1, -0.05) is 13.8 Å². The molecule has 4 rings (SSSR count). The van der Waals surface area contributed by atoms with Crippen molar-refractivity contribution in [3.8, 4) is 0 Å². The van der Waals surface area contributed by atoms with Gasteiger partial charge < -0.3 is 5.11 Å². The van der Waals surface area contributed by atoms with Gasteiger partial charge in [-0.05, 0) is 66.6 Å². The van der Waals surface area contributed by atoms with E-state index < -0.39 is 29.8 Å². The molecule has 4 aliphatic carbocycles. The summed E-state index contributed by atoms with van der Waals surface area (Å²) in [6, 6.07) is 0. The van der Waals surface area contributed by atoms with Gasteiger partial charge in [0.15, 0.2) is 0 Å². The van der Waals surface area contributed by atoms with E-state index in [1.807, 2.05) is 0 Å². The molecule has 0 saturated heterocycles. The van der Waals surface area contributed by atoms with E-state index in [2.05, 4.69) is 13.8 Å². The first-order valence-electron chi connectivity index (χ1n) is 8.75. The number of halogens is 6. The van der Waals surface area contributed by atoms with Crippen LogP contribution in [0.2, 0.25) is 0 Å². The van der Waals surface area contributed by atoms with E-state index in [0.29, 0.717) is 24.2 Å². The van der Waals surface area contributed by atoms with Crippen molar-refractivity contribution < 1.29 is 64.2 Å². The van der Waals surface area contributed by atoms with Crippen LogP contribution in [0.3, 0.4) is 0 Å². The smallest absolute Gasteiger partial charge is 0.373 e. The molecule has 1 N–H and O–H groups in total. The molecular weight excluding hydrogens is 423 g/mol. The fourth-order valence-corrected chi connectivity index (χ4v) is 7.29. The van der Waals surface area contributed by atoms with Gasteiger partial charge in [0, 0.05) is 38.6 Å². The van der Waals surface area contributed by atoms with E-state index >= 15 is 0 Å². The average molecular weight is 445 g/mol. The van der Waals surface area contributed by atoms with E-state index in [4.69, 9.17) is 0 Å². The van der Waals surface area contributed by atoms with Crippen molar-refractivity contribution in [2.45, 2.75) is 51.1 Å². The zero-order valence-corrected chi connectivity index (χ0v) is 16.9. The third-order valence-electron chi connectivity index (χ3n) is 8.25. The summed E-state index contributed by atoms with van der Waals surface area (Å²) in [4.78, 5) is 0.